The van der Waals surface area contributed by atoms with E-state index in [0.29, 0.717) is 29.8 Å². The van der Waals surface area contributed by atoms with E-state index in [1.165, 1.54) is 12.1 Å². The minimum atomic E-state index is -0.599. The number of nitrogens with one attached hydrogen (secondary N) is 2. The number of rotatable bonds is 7. The standard InChI is InChI=1S/C19H20ClFN4O3S/c1-10(2)15-16(29-25-24-15)17(27)23-19-7-18(8-19,9-19)22-14(26)6-28-11-3-4-12(20)13(21)5-11/h3-5,10H,6-9H2,1-2H3,(H,22,26)(H,23,27). The molecule has 0 radical (unpaired) electrons. The van der Waals surface area contributed by atoms with Crippen LogP contribution in [0, 0.1) is 5.82 Å². The summed E-state index contributed by atoms with van der Waals surface area (Å²) >= 11 is 6.72. The van der Waals surface area contributed by atoms with E-state index in [0.717, 1.165) is 17.6 Å². The molecule has 7 nitrogen and oxygen atoms in total. The molecule has 3 aliphatic carbocycles. The van der Waals surface area contributed by atoms with E-state index in [1.54, 1.807) is 0 Å². The first kappa shape index (κ1) is 20.0. The molecule has 0 saturated heterocycles. The van der Waals surface area contributed by atoms with E-state index >= 15 is 0 Å². The average Bonchev–Trinajstić information content (AvgIpc) is 3.10. The molecular formula is C19H20ClFN4O3S. The van der Waals surface area contributed by atoms with Crippen molar-refractivity contribution in [2.45, 2.75) is 50.1 Å². The largest absolute Gasteiger partial charge is 0.484 e. The number of carbonyl (C=O) groups excluding carboxylic acids is 2. The van der Waals surface area contributed by atoms with Crippen molar-refractivity contribution in [2.75, 3.05) is 6.61 Å². The molecule has 0 spiro atoms. The summed E-state index contributed by atoms with van der Waals surface area (Å²) < 4.78 is 22.6. The van der Waals surface area contributed by atoms with Crippen LogP contribution in [0.5, 0.6) is 5.75 Å². The molecule has 1 heterocycles. The number of nitrogens with zero attached hydrogens (tertiary/aromatic N) is 2. The van der Waals surface area contributed by atoms with Gasteiger partial charge in [-0.15, -0.1) is 5.10 Å². The SMILES string of the molecule is CC(C)c1nnsc1C(=O)NC12CC(NC(=O)COc3ccc(Cl)c(F)c3)(C1)C2. The van der Waals surface area contributed by atoms with Crippen LogP contribution >= 0.6 is 23.1 Å². The fourth-order valence-corrected chi connectivity index (χ4v) is 4.96. The van der Waals surface area contributed by atoms with Gasteiger partial charge in [0.15, 0.2) is 6.61 Å². The third-order valence-corrected chi connectivity index (χ3v) is 6.39. The lowest BCUT2D eigenvalue weighted by Gasteiger charge is -2.70. The summed E-state index contributed by atoms with van der Waals surface area (Å²) in [7, 11) is 0. The van der Waals surface area contributed by atoms with Crippen molar-refractivity contribution in [1.82, 2.24) is 20.2 Å². The highest BCUT2D eigenvalue weighted by Gasteiger charge is 2.69. The molecule has 3 fully saturated rings. The molecule has 2 bridgehead atoms. The Kier molecular flexibility index (Phi) is 4.98. The molecule has 1 aromatic carbocycles. The van der Waals surface area contributed by atoms with E-state index in [4.69, 9.17) is 16.3 Å². The first-order valence-electron chi connectivity index (χ1n) is 9.25. The highest BCUT2D eigenvalue weighted by atomic mass is 35.5. The molecule has 0 unspecified atom stereocenters. The highest BCUT2D eigenvalue weighted by molar-refractivity contribution is 7.08. The van der Waals surface area contributed by atoms with Crippen LogP contribution < -0.4 is 15.4 Å². The van der Waals surface area contributed by atoms with Crippen molar-refractivity contribution >= 4 is 34.9 Å². The maximum atomic E-state index is 13.4. The lowest BCUT2D eigenvalue weighted by atomic mass is 9.44. The van der Waals surface area contributed by atoms with Crippen molar-refractivity contribution in [3.63, 3.8) is 0 Å². The summed E-state index contributed by atoms with van der Waals surface area (Å²) in [5.74, 6) is -0.673. The van der Waals surface area contributed by atoms with Crippen molar-refractivity contribution in [3.8, 4) is 5.75 Å². The lowest BCUT2D eigenvalue weighted by molar-refractivity contribution is -0.141. The average molecular weight is 439 g/mol. The second kappa shape index (κ2) is 7.21. The molecule has 2 N–H and O–H groups in total. The van der Waals surface area contributed by atoms with Gasteiger partial charge in [0.05, 0.1) is 10.7 Å². The van der Waals surface area contributed by atoms with E-state index in [-0.39, 0.29) is 46.2 Å². The van der Waals surface area contributed by atoms with Crippen molar-refractivity contribution in [3.05, 3.63) is 39.6 Å². The number of amides is 2. The normalized spacial score (nSPS) is 24.4. The number of aromatic nitrogens is 2. The third-order valence-electron chi connectivity index (χ3n) is 5.34. The summed E-state index contributed by atoms with van der Waals surface area (Å²) in [6.07, 6.45) is 2.03. The number of carbonyl (C=O) groups is 2. The predicted octanol–water partition coefficient (Wildman–Crippen LogP) is 3.05. The summed E-state index contributed by atoms with van der Waals surface area (Å²) in [5, 5.41) is 10.1. The van der Waals surface area contributed by atoms with Crippen LogP contribution in [0.25, 0.3) is 0 Å². The molecule has 154 valence electrons. The zero-order chi connectivity index (χ0) is 20.8. The van der Waals surface area contributed by atoms with Crippen LogP contribution in [-0.4, -0.2) is 39.1 Å². The molecular weight excluding hydrogens is 419 g/mol. The first-order valence-corrected chi connectivity index (χ1v) is 10.4. The van der Waals surface area contributed by atoms with Crippen molar-refractivity contribution in [2.24, 2.45) is 0 Å². The van der Waals surface area contributed by atoms with Gasteiger partial charge in [0.25, 0.3) is 11.8 Å². The van der Waals surface area contributed by atoms with Gasteiger partial charge in [0.1, 0.15) is 16.4 Å². The Balaban J connectivity index is 1.25. The molecule has 29 heavy (non-hydrogen) atoms. The molecule has 3 aliphatic rings. The van der Waals surface area contributed by atoms with Gasteiger partial charge in [0.2, 0.25) is 0 Å². The lowest BCUT2D eigenvalue weighted by Crippen LogP contribution is -2.84. The molecule has 5 rings (SSSR count). The van der Waals surface area contributed by atoms with Gasteiger partial charge in [-0.2, -0.15) is 0 Å². The Labute approximate surface area is 176 Å². The van der Waals surface area contributed by atoms with Gasteiger partial charge >= 0.3 is 0 Å². The number of halogens is 2. The Bertz CT molecular complexity index is 960. The second-order valence-electron chi connectivity index (χ2n) is 8.10. The molecule has 2 aromatic rings. The van der Waals surface area contributed by atoms with E-state index in [1.807, 2.05) is 13.8 Å². The third kappa shape index (κ3) is 3.81. The van der Waals surface area contributed by atoms with Crippen LogP contribution in [0.4, 0.5) is 4.39 Å². The van der Waals surface area contributed by atoms with Crippen LogP contribution in [0.2, 0.25) is 5.02 Å². The summed E-state index contributed by atoms with van der Waals surface area (Å²) in [5.41, 5.74) is 0.132. The quantitative estimate of drug-likeness (QED) is 0.693. The fourth-order valence-electron chi connectivity index (χ4n) is 4.13. The van der Waals surface area contributed by atoms with Crippen molar-refractivity contribution < 1.29 is 18.7 Å². The van der Waals surface area contributed by atoms with Gasteiger partial charge in [-0.3, -0.25) is 9.59 Å². The van der Waals surface area contributed by atoms with Gasteiger partial charge in [-0.1, -0.05) is 29.9 Å². The summed E-state index contributed by atoms with van der Waals surface area (Å²) in [6.45, 7) is 3.73. The number of ether oxygens (including phenoxy) is 1. The minimum absolute atomic E-state index is 0.00219. The Morgan fingerprint density at radius 1 is 1.28 bits per heavy atom. The maximum absolute atomic E-state index is 13.4. The Morgan fingerprint density at radius 3 is 2.62 bits per heavy atom. The summed E-state index contributed by atoms with van der Waals surface area (Å²) in [4.78, 5) is 25.3. The Morgan fingerprint density at radius 2 is 1.97 bits per heavy atom. The van der Waals surface area contributed by atoms with Gasteiger partial charge in [0, 0.05) is 17.1 Å². The second-order valence-corrected chi connectivity index (χ2v) is 9.26. The molecule has 3 saturated carbocycles. The highest BCUT2D eigenvalue weighted by Crippen LogP contribution is 2.60. The van der Waals surface area contributed by atoms with E-state index in [2.05, 4.69) is 20.2 Å². The van der Waals surface area contributed by atoms with Crippen molar-refractivity contribution in [1.29, 1.82) is 0 Å². The predicted molar refractivity (Wildman–Crippen MR) is 106 cm³/mol. The molecule has 1 aromatic heterocycles. The van der Waals surface area contributed by atoms with Gasteiger partial charge in [-0.25, -0.2) is 4.39 Å². The molecule has 10 heteroatoms. The molecule has 0 atom stereocenters. The minimum Gasteiger partial charge on any atom is -0.484 e. The molecule has 2 amide bonds. The number of benzene rings is 1. The maximum Gasteiger partial charge on any atom is 0.265 e. The van der Waals surface area contributed by atoms with Crippen LogP contribution in [0.15, 0.2) is 18.2 Å². The zero-order valence-corrected chi connectivity index (χ0v) is 17.5. The smallest absolute Gasteiger partial charge is 0.265 e. The number of hydrogen-bond acceptors (Lipinski definition) is 6. The monoisotopic (exact) mass is 438 g/mol. The summed E-state index contributed by atoms with van der Waals surface area (Å²) in [6, 6.07) is 4.02. The Hall–Kier alpha value is -2.26. The zero-order valence-electron chi connectivity index (χ0n) is 15.9. The fraction of sp³-hybridized carbons (Fsp3) is 0.474. The molecule has 0 aliphatic heterocycles. The topological polar surface area (TPSA) is 93.2 Å². The number of hydrogen-bond donors (Lipinski definition) is 2. The van der Waals surface area contributed by atoms with Gasteiger partial charge < -0.3 is 15.4 Å². The van der Waals surface area contributed by atoms with E-state index in [9.17, 15) is 14.0 Å². The van der Waals surface area contributed by atoms with Gasteiger partial charge in [-0.05, 0) is 48.8 Å². The van der Waals surface area contributed by atoms with Crippen LogP contribution in [0.1, 0.15) is 54.4 Å². The van der Waals surface area contributed by atoms with Crippen LogP contribution in [0.3, 0.4) is 0 Å². The van der Waals surface area contributed by atoms with E-state index < -0.39 is 5.82 Å². The van der Waals surface area contributed by atoms with Crippen LogP contribution in [-0.2, 0) is 4.79 Å². The first-order chi connectivity index (χ1) is 13.7.